The van der Waals surface area contributed by atoms with Gasteiger partial charge in [-0.15, -0.1) is 0 Å². The highest BCUT2D eigenvalue weighted by atomic mass is 16.5. The fourth-order valence-electron chi connectivity index (χ4n) is 4.45. The standard InChI is InChI=1S/C19H28N4O4/c1-19(2,17(25)26)14-9-20-18(21-16(14)22-5-7-27-8-6-22)23-10-12-3-4-13(11-23)15(12)24/h9,12-13,15,24H,3-8,10-11H2,1-2H3,(H,25,26)/t12-,13+,15?. The van der Waals surface area contributed by atoms with Gasteiger partial charge in [0.1, 0.15) is 5.82 Å². The molecule has 1 unspecified atom stereocenters. The second-order valence-electron chi connectivity index (χ2n) is 8.43. The van der Waals surface area contributed by atoms with Gasteiger partial charge in [0.15, 0.2) is 0 Å². The largest absolute Gasteiger partial charge is 0.481 e. The molecular formula is C19H28N4O4. The number of rotatable bonds is 4. The summed E-state index contributed by atoms with van der Waals surface area (Å²) in [5, 5.41) is 20.0. The van der Waals surface area contributed by atoms with Crippen molar-refractivity contribution in [1.29, 1.82) is 0 Å². The lowest BCUT2D eigenvalue weighted by Crippen LogP contribution is -2.46. The van der Waals surface area contributed by atoms with E-state index in [4.69, 9.17) is 9.72 Å². The number of anilines is 2. The van der Waals surface area contributed by atoms with Crippen molar-refractivity contribution in [2.24, 2.45) is 11.8 Å². The highest BCUT2D eigenvalue weighted by Gasteiger charge is 2.42. The Balaban J connectivity index is 1.69. The predicted molar refractivity (Wildman–Crippen MR) is 100 cm³/mol. The molecule has 4 rings (SSSR count). The quantitative estimate of drug-likeness (QED) is 0.799. The van der Waals surface area contributed by atoms with Crippen LogP contribution in [-0.4, -0.2) is 71.6 Å². The molecule has 3 atom stereocenters. The zero-order valence-electron chi connectivity index (χ0n) is 16.0. The van der Waals surface area contributed by atoms with Crippen molar-refractivity contribution < 1.29 is 19.7 Å². The zero-order chi connectivity index (χ0) is 19.2. The lowest BCUT2D eigenvalue weighted by Gasteiger charge is -2.37. The molecule has 2 aliphatic heterocycles. The van der Waals surface area contributed by atoms with Crippen molar-refractivity contribution in [2.75, 3.05) is 49.2 Å². The van der Waals surface area contributed by atoms with Crippen LogP contribution in [0.2, 0.25) is 0 Å². The number of hydrogen-bond acceptors (Lipinski definition) is 7. The van der Waals surface area contributed by atoms with E-state index < -0.39 is 11.4 Å². The second kappa shape index (κ2) is 6.91. The number of aliphatic hydroxyl groups is 1. The number of nitrogens with zero attached hydrogens (tertiary/aromatic N) is 4. The van der Waals surface area contributed by atoms with Crippen LogP contribution in [-0.2, 0) is 14.9 Å². The van der Waals surface area contributed by atoms with Gasteiger partial charge in [-0.3, -0.25) is 4.79 Å². The van der Waals surface area contributed by atoms with Gasteiger partial charge >= 0.3 is 5.97 Å². The van der Waals surface area contributed by atoms with E-state index in [0.29, 0.717) is 43.6 Å². The van der Waals surface area contributed by atoms with Crippen LogP contribution in [0.15, 0.2) is 6.20 Å². The van der Waals surface area contributed by atoms with Crippen molar-refractivity contribution >= 4 is 17.7 Å². The van der Waals surface area contributed by atoms with Gasteiger partial charge in [-0.05, 0) is 26.7 Å². The molecule has 3 aliphatic rings. The van der Waals surface area contributed by atoms with E-state index in [1.54, 1.807) is 20.0 Å². The second-order valence-corrected chi connectivity index (χ2v) is 8.43. The summed E-state index contributed by atoms with van der Waals surface area (Å²) in [6, 6.07) is 0. The maximum atomic E-state index is 11.8. The maximum Gasteiger partial charge on any atom is 0.313 e. The number of aliphatic carboxylic acids is 1. The van der Waals surface area contributed by atoms with Crippen molar-refractivity contribution in [3.8, 4) is 0 Å². The van der Waals surface area contributed by atoms with E-state index in [1.807, 2.05) is 0 Å². The lowest BCUT2D eigenvalue weighted by atomic mass is 9.85. The molecule has 1 saturated carbocycles. The summed E-state index contributed by atoms with van der Waals surface area (Å²) in [6.45, 7) is 7.46. The Hall–Kier alpha value is -1.93. The van der Waals surface area contributed by atoms with E-state index in [9.17, 15) is 15.0 Å². The van der Waals surface area contributed by atoms with Crippen LogP contribution in [0.5, 0.6) is 0 Å². The molecule has 3 fully saturated rings. The van der Waals surface area contributed by atoms with Gasteiger partial charge in [0.05, 0.1) is 24.7 Å². The molecule has 0 radical (unpaired) electrons. The molecule has 0 aromatic carbocycles. The van der Waals surface area contributed by atoms with Crippen LogP contribution >= 0.6 is 0 Å². The molecule has 8 heteroatoms. The summed E-state index contributed by atoms with van der Waals surface area (Å²) in [6.07, 6.45) is 3.55. The zero-order valence-corrected chi connectivity index (χ0v) is 16.0. The third kappa shape index (κ3) is 3.25. The van der Waals surface area contributed by atoms with Gasteiger partial charge in [0.25, 0.3) is 0 Å². The minimum Gasteiger partial charge on any atom is -0.481 e. The van der Waals surface area contributed by atoms with Gasteiger partial charge < -0.3 is 24.7 Å². The fourth-order valence-corrected chi connectivity index (χ4v) is 4.45. The van der Waals surface area contributed by atoms with E-state index in [2.05, 4.69) is 14.8 Å². The number of hydrogen-bond donors (Lipinski definition) is 2. The number of carboxylic acid groups (broad SMARTS) is 1. The Bertz CT molecular complexity index is 706. The van der Waals surface area contributed by atoms with Gasteiger partial charge in [-0.2, -0.15) is 4.98 Å². The van der Waals surface area contributed by atoms with Crippen LogP contribution in [0.3, 0.4) is 0 Å². The molecule has 2 saturated heterocycles. The highest BCUT2D eigenvalue weighted by Crippen LogP contribution is 2.39. The van der Waals surface area contributed by atoms with E-state index >= 15 is 0 Å². The smallest absolute Gasteiger partial charge is 0.313 e. The monoisotopic (exact) mass is 376 g/mol. The van der Waals surface area contributed by atoms with E-state index in [1.165, 1.54) is 0 Å². The van der Waals surface area contributed by atoms with Crippen LogP contribution < -0.4 is 9.80 Å². The molecule has 27 heavy (non-hydrogen) atoms. The molecule has 2 bridgehead atoms. The maximum absolute atomic E-state index is 11.8. The molecule has 0 spiro atoms. The van der Waals surface area contributed by atoms with Crippen molar-refractivity contribution in [3.05, 3.63) is 11.8 Å². The summed E-state index contributed by atoms with van der Waals surface area (Å²) >= 11 is 0. The minimum atomic E-state index is -1.08. The van der Waals surface area contributed by atoms with Crippen molar-refractivity contribution in [1.82, 2.24) is 9.97 Å². The SMILES string of the molecule is CC(C)(C(=O)O)c1cnc(N2C[C@H]3CC[C@@H](C2)C3O)nc1N1CCOCC1. The van der Waals surface area contributed by atoms with Gasteiger partial charge in [-0.25, -0.2) is 4.98 Å². The lowest BCUT2D eigenvalue weighted by molar-refractivity contribution is -0.142. The Morgan fingerprint density at radius 3 is 2.41 bits per heavy atom. The Morgan fingerprint density at radius 2 is 1.81 bits per heavy atom. The molecule has 148 valence electrons. The number of ether oxygens (including phenoxy) is 1. The Morgan fingerprint density at radius 1 is 1.19 bits per heavy atom. The molecule has 3 heterocycles. The normalized spacial score (nSPS) is 28.5. The van der Waals surface area contributed by atoms with Crippen LogP contribution in [0, 0.1) is 11.8 Å². The number of carbonyl (C=O) groups is 1. The summed E-state index contributed by atoms with van der Waals surface area (Å²) in [4.78, 5) is 25.5. The molecule has 8 nitrogen and oxygen atoms in total. The molecular weight excluding hydrogens is 348 g/mol. The minimum absolute atomic E-state index is 0.217. The van der Waals surface area contributed by atoms with E-state index in [-0.39, 0.29) is 17.9 Å². The third-order valence-corrected chi connectivity index (χ3v) is 6.34. The summed E-state index contributed by atoms with van der Waals surface area (Å²) in [5.41, 5.74) is -0.454. The number of aliphatic hydroxyl groups excluding tert-OH is 1. The van der Waals surface area contributed by atoms with E-state index in [0.717, 1.165) is 25.9 Å². The Kier molecular flexibility index (Phi) is 4.71. The first-order valence-corrected chi connectivity index (χ1v) is 9.74. The molecule has 2 N–H and O–H groups in total. The number of aromatic nitrogens is 2. The third-order valence-electron chi connectivity index (χ3n) is 6.34. The summed E-state index contributed by atoms with van der Waals surface area (Å²) in [5.74, 6) is 0.968. The molecule has 1 aromatic rings. The Labute approximate surface area is 159 Å². The average molecular weight is 376 g/mol. The first-order chi connectivity index (χ1) is 12.9. The van der Waals surface area contributed by atoms with Gasteiger partial charge in [0, 0.05) is 49.8 Å². The van der Waals surface area contributed by atoms with Crippen molar-refractivity contribution in [2.45, 2.75) is 38.2 Å². The first-order valence-electron chi connectivity index (χ1n) is 9.74. The number of morpholine rings is 1. The first kappa shape index (κ1) is 18.4. The molecule has 0 amide bonds. The average Bonchev–Trinajstić information content (AvgIpc) is 2.88. The molecule has 1 aliphatic carbocycles. The number of fused-ring (bicyclic) bond motifs is 2. The van der Waals surface area contributed by atoms with Gasteiger partial charge in [0.2, 0.25) is 5.95 Å². The van der Waals surface area contributed by atoms with Crippen LogP contribution in [0.25, 0.3) is 0 Å². The fraction of sp³-hybridized carbons (Fsp3) is 0.737. The number of piperidine rings is 1. The van der Waals surface area contributed by atoms with Crippen molar-refractivity contribution in [3.63, 3.8) is 0 Å². The highest BCUT2D eigenvalue weighted by molar-refractivity contribution is 5.82. The number of carboxylic acids is 1. The summed E-state index contributed by atoms with van der Waals surface area (Å²) < 4.78 is 5.45. The molecule has 1 aromatic heterocycles. The van der Waals surface area contributed by atoms with Crippen LogP contribution in [0.4, 0.5) is 11.8 Å². The summed E-state index contributed by atoms with van der Waals surface area (Å²) in [7, 11) is 0. The topological polar surface area (TPSA) is 99.0 Å². The van der Waals surface area contributed by atoms with Gasteiger partial charge in [-0.1, -0.05) is 0 Å². The predicted octanol–water partition coefficient (Wildman–Crippen LogP) is 0.882. The van der Waals surface area contributed by atoms with Crippen LogP contribution in [0.1, 0.15) is 32.3 Å².